The number of aromatic nitrogens is 6. The summed E-state index contributed by atoms with van der Waals surface area (Å²) in [4.78, 5) is 9.29. The molecular formula is C22H24N6O. The van der Waals surface area contributed by atoms with Gasteiger partial charge in [-0.1, -0.05) is 35.5 Å². The van der Waals surface area contributed by atoms with Crippen LogP contribution in [0.1, 0.15) is 30.1 Å². The molecule has 1 atom stereocenters. The van der Waals surface area contributed by atoms with Gasteiger partial charge in [-0.25, -0.2) is 9.67 Å². The van der Waals surface area contributed by atoms with Crippen molar-refractivity contribution >= 4 is 11.0 Å². The van der Waals surface area contributed by atoms with Gasteiger partial charge in [-0.05, 0) is 37.3 Å². The van der Waals surface area contributed by atoms with E-state index in [0.29, 0.717) is 5.92 Å². The summed E-state index contributed by atoms with van der Waals surface area (Å²) in [5, 5.41) is 8.30. The molecule has 3 aromatic heterocycles. The topological polar surface area (TPSA) is 70.7 Å². The van der Waals surface area contributed by atoms with Gasteiger partial charge in [-0.15, -0.1) is 5.10 Å². The van der Waals surface area contributed by atoms with E-state index in [-0.39, 0.29) is 6.04 Å². The zero-order chi connectivity index (χ0) is 19.8. The lowest BCUT2D eigenvalue weighted by Crippen LogP contribution is -2.26. The zero-order valence-electron chi connectivity index (χ0n) is 16.7. The van der Waals surface area contributed by atoms with Crippen LogP contribution in [0.3, 0.4) is 0 Å². The van der Waals surface area contributed by atoms with Crippen LogP contribution in [0.2, 0.25) is 0 Å². The van der Waals surface area contributed by atoms with Crippen molar-refractivity contribution in [3.8, 4) is 11.4 Å². The van der Waals surface area contributed by atoms with Gasteiger partial charge >= 0.3 is 0 Å². The van der Waals surface area contributed by atoms with Gasteiger partial charge in [0, 0.05) is 20.3 Å². The zero-order valence-corrected chi connectivity index (χ0v) is 16.7. The van der Waals surface area contributed by atoms with E-state index < -0.39 is 0 Å². The lowest BCUT2D eigenvalue weighted by atomic mass is 9.87. The van der Waals surface area contributed by atoms with Gasteiger partial charge in [0.15, 0.2) is 0 Å². The van der Waals surface area contributed by atoms with Crippen molar-refractivity contribution in [1.29, 1.82) is 0 Å². The molecule has 0 amide bonds. The highest BCUT2D eigenvalue weighted by molar-refractivity contribution is 5.79. The summed E-state index contributed by atoms with van der Waals surface area (Å²) in [6.07, 6.45) is 5.89. The molecule has 1 aliphatic heterocycles. The highest BCUT2D eigenvalue weighted by Crippen LogP contribution is 2.36. The SMILES string of the molecule is Cc1nnn(C)c1-c1cc2c(cn1)ncn2[C@H](c1ccccc1)C1CCOCC1. The molecule has 4 aromatic rings. The fourth-order valence-electron chi connectivity index (χ4n) is 4.43. The third-order valence-electron chi connectivity index (χ3n) is 5.85. The average Bonchev–Trinajstić information content (AvgIpc) is 3.32. The number of aryl methyl sites for hydroxylation is 2. The molecule has 1 saturated heterocycles. The number of ether oxygens (including phenoxy) is 1. The Morgan fingerprint density at radius 1 is 1.10 bits per heavy atom. The summed E-state index contributed by atoms with van der Waals surface area (Å²) in [5.74, 6) is 0.500. The Bertz CT molecular complexity index is 1110. The first kappa shape index (κ1) is 18.0. The number of nitrogens with zero attached hydrogens (tertiary/aromatic N) is 6. The van der Waals surface area contributed by atoms with E-state index in [1.165, 1.54) is 5.56 Å². The molecule has 0 saturated carbocycles. The highest BCUT2D eigenvalue weighted by Gasteiger charge is 2.28. The predicted octanol–water partition coefficient (Wildman–Crippen LogP) is 3.55. The molecule has 29 heavy (non-hydrogen) atoms. The molecular weight excluding hydrogens is 364 g/mol. The maximum atomic E-state index is 5.63. The lowest BCUT2D eigenvalue weighted by Gasteiger charge is -2.32. The van der Waals surface area contributed by atoms with Gasteiger partial charge < -0.3 is 9.30 Å². The Balaban J connectivity index is 1.66. The van der Waals surface area contributed by atoms with Gasteiger partial charge in [-0.2, -0.15) is 0 Å². The molecule has 1 aromatic carbocycles. The molecule has 7 nitrogen and oxygen atoms in total. The fourth-order valence-corrected chi connectivity index (χ4v) is 4.43. The molecule has 1 fully saturated rings. The second-order valence-electron chi connectivity index (χ2n) is 7.66. The first-order valence-electron chi connectivity index (χ1n) is 10.0. The van der Waals surface area contributed by atoms with E-state index in [1.807, 2.05) is 26.5 Å². The van der Waals surface area contributed by atoms with Crippen molar-refractivity contribution in [1.82, 2.24) is 29.5 Å². The minimum Gasteiger partial charge on any atom is -0.381 e. The first-order valence-corrected chi connectivity index (χ1v) is 10.0. The van der Waals surface area contributed by atoms with E-state index in [0.717, 1.165) is 54.2 Å². The van der Waals surface area contributed by atoms with Gasteiger partial charge in [0.05, 0.1) is 35.5 Å². The Labute approximate surface area is 169 Å². The van der Waals surface area contributed by atoms with Crippen LogP contribution in [0.4, 0.5) is 0 Å². The van der Waals surface area contributed by atoms with E-state index in [9.17, 15) is 0 Å². The summed E-state index contributed by atoms with van der Waals surface area (Å²) >= 11 is 0. The smallest absolute Gasteiger partial charge is 0.110 e. The molecule has 5 rings (SSSR count). The summed E-state index contributed by atoms with van der Waals surface area (Å²) in [6, 6.07) is 13.0. The number of benzene rings is 1. The van der Waals surface area contributed by atoms with Crippen molar-refractivity contribution in [2.75, 3.05) is 13.2 Å². The van der Waals surface area contributed by atoms with Crippen LogP contribution in [0.5, 0.6) is 0 Å². The normalized spacial score (nSPS) is 16.3. The first-order chi connectivity index (χ1) is 14.2. The Morgan fingerprint density at radius 2 is 1.90 bits per heavy atom. The van der Waals surface area contributed by atoms with Crippen LogP contribution in [-0.4, -0.2) is 42.7 Å². The van der Waals surface area contributed by atoms with Gasteiger partial charge in [0.25, 0.3) is 0 Å². The maximum absolute atomic E-state index is 5.63. The molecule has 1 aliphatic rings. The number of rotatable bonds is 4. The lowest BCUT2D eigenvalue weighted by molar-refractivity contribution is 0.0547. The summed E-state index contributed by atoms with van der Waals surface area (Å²) in [5.41, 5.74) is 5.94. The largest absolute Gasteiger partial charge is 0.381 e. The van der Waals surface area contributed by atoms with Crippen LogP contribution in [-0.2, 0) is 11.8 Å². The standard InChI is InChI=1S/C22H24N6O/c1-15-21(27(2)26-25-15)18-12-20-19(13-23-18)24-14-28(20)22(16-6-4-3-5-7-16)17-8-10-29-11-9-17/h3-7,12-14,17,22H,8-11H2,1-2H3/t22-/m1/s1. The minimum absolute atomic E-state index is 0.214. The van der Waals surface area contributed by atoms with Crippen molar-refractivity contribution in [2.45, 2.75) is 25.8 Å². The van der Waals surface area contributed by atoms with Gasteiger partial charge in [0.2, 0.25) is 0 Å². The van der Waals surface area contributed by atoms with Crippen molar-refractivity contribution in [3.63, 3.8) is 0 Å². The minimum atomic E-state index is 0.214. The molecule has 148 valence electrons. The van der Waals surface area contributed by atoms with Crippen molar-refractivity contribution < 1.29 is 4.74 Å². The van der Waals surface area contributed by atoms with Crippen LogP contribution < -0.4 is 0 Å². The molecule has 0 aliphatic carbocycles. The third kappa shape index (κ3) is 3.21. The Morgan fingerprint density at radius 3 is 2.62 bits per heavy atom. The van der Waals surface area contributed by atoms with Crippen LogP contribution in [0.15, 0.2) is 48.9 Å². The van der Waals surface area contributed by atoms with E-state index in [4.69, 9.17) is 4.74 Å². The average molecular weight is 388 g/mol. The molecule has 7 heteroatoms. The highest BCUT2D eigenvalue weighted by atomic mass is 16.5. The molecule has 0 N–H and O–H groups in total. The van der Waals surface area contributed by atoms with Crippen LogP contribution in [0.25, 0.3) is 22.4 Å². The van der Waals surface area contributed by atoms with Crippen LogP contribution >= 0.6 is 0 Å². The van der Waals surface area contributed by atoms with Gasteiger partial charge in [-0.3, -0.25) is 4.98 Å². The number of hydrogen-bond acceptors (Lipinski definition) is 5. The summed E-state index contributed by atoms with van der Waals surface area (Å²) in [7, 11) is 1.90. The number of hydrogen-bond donors (Lipinski definition) is 0. The van der Waals surface area contributed by atoms with E-state index in [1.54, 1.807) is 4.68 Å². The van der Waals surface area contributed by atoms with Crippen molar-refractivity contribution in [2.24, 2.45) is 13.0 Å². The molecule has 0 unspecified atom stereocenters. The molecule has 4 heterocycles. The summed E-state index contributed by atoms with van der Waals surface area (Å²) < 4.78 is 9.72. The maximum Gasteiger partial charge on any atom is 0.110 e. The second-order valence-corrected chi connectivity index (χ2v) is 7.66. The van der Waals surface area contributed by atoms with E-state index in [2.05, 4.69) is 61.2 Å². The molecule has 0 bridgehead atoms. The van der Waals surface area contributed by atoms with Crippen molar-refractivity contribution in [3.05, 3.63) is 60.2 Å². The molecule has 0 spiro atoms. The predicted molar refractivity (Wildman–Crippen MR) is 110 cm³/mol. The number of imidazole rings is 1. The third-order valence-corrected chi connectivity index (χ3v) is 5.85. The number of fused-ring (bicyclic) bond motifs is 1. The van der Waals surface area contributed by atoms with Crippen LogP contribution in [0, 0.1) is 12.8 Å². The summed E-state index contributed by atoms with van der Waals surface area (Å²) in [6.45, 7) is 3.58. The monoisotopic (exact) mass is 388 g/mol. The number of pyridine rings is 1. The second kappa shape index (κ2) is 7.40. The van der Waals surface area contributed by atoms with E-state index >= 15 is 0 Å². The quantitative estimate of drug-likeness (QED) is 0.535. The molecule has 0 radical (unpaired) electrons. The Kier molecular flexibility index (Phi) is 4.60. The fraction of sp³-hybridized carbons (Fsp3) is 0.364. The Hall–Kier alpha value is -3.06. The van der Waals surface area contributed by atoms with Gasteiger partial charge in [0.1, 0.15) is 11.2 Å².